The summed E-state index contributed by atoms with van der Waals surface area (Å²) in [4.78, 5) is 38.9. The second-order valence-electron chi connectivity index (χ2n) is 6.56. The lowest BCUT2D eigenvalue weighted by molar-refractivity contribution is -0.148. The molecule has 28 heavy (non-hydrogen) atoms. The summed E-state index contributed by atoms with van der Waals surface area (Å²) in [5.41, 5.74) is 1.93. The predicted molar refractivity (Wildman–Crippen MR) is 111 cm³/mol. The number of carbonyl (C=O) groups excluding carboxylic acids is 2. The normalized spacial score (nSPS) is 13.4. The second kappa shape index (κ2) is 8.75. The van der Waals surface area contributed by atoms with E-state index in [2.05, 4.69) is 5.32 Å². The van der Waals surface area contributed by atoms with Crippen molar-refractivity contribution >= 4 is 51.4 Å². The number of fused-ring (bicyclic) bond motifs is 1. The van der Waals surface area contributed by atoms with Gasteiger partial charge in [0.25, 0.3) is 5.91 Å². The second-order valence-corrected chi connectivity index (χ2v) is 8.08. The fraction of sp³-hybridized carbons (Fsp3) is 0.350. The number of anilines is 2. The molecule has 0 atom stereocenters. The largest absolute Gasteiger partial charge is 0.474 e. The molecule has 0 radical (unpaired) electrons. The van der Waals surface area contributed by atoms with Gasteiger partial charge in [0.15, 0.2) is 0 Å². The number of nitrogens with one attached hydrogen (secondary N) is 1. The molecule has 0 aliphatic heterocycles. The van der Waals surface area contributed by atoms with E-state index in [4.69, 9.17) is 11.6 Å². The van der Waals surface area contributed by atoms with E-state index < -0.39 is 11.9 Å². The van der Waals surface area contributed by atoms with E-state index in [-0.39, 0.29) is 12.5 Å². The summed E-state index contributed by atoms with van der Waals surface area (Å²) in [6.45, 7) is 1.87. The number of hydrogen-bond acceptors (Lipinski definition) is 4. The predicted octanol–water partition coefficient (Wildman–Crippen LogP) is 4.36. The number of thiophene rings is 1. The van der Waals surface area contributed by atoms with Crippen LogP contribution < -0.4 is 10.2 Å². The Morgan fingerprint density at radius 2 is 1.82 bits per heavy atom. The summed E-state index contributed by atoms with van der Waals surface area (Å²) in [5.74, 6) is -2.90. The molecule has 0 spiro atoms. The first-order chi connectivity index (χ1) is 13.4. The zero-order valence-electron chi connectivity index (χ0n) is 15.5. The van der Waals surface area contributed by atoms with Crippen LogP contribution in [0.3, 0.4) is 0 Å². The molecule has 3 rings (SSSR count). The van der Waals surface area contributed by atoms with E-state index in [1.807, 2.05) is 0 Å². The molecule has 6 nitrogen and oxygen atoms in total. The molecule has 148 valence electrons. The average molecular weight is 421 g/mol. The summed E-state index contributed by atoms with van der Waals surface area (Å²) in [6.07, 6.45) is 4.64. The van der Waals surface area contributed by atoms with E-state index in [0.717, 1.165) is 42.5 Å². The van der Waals surface area contributed by atoms with Crippen molar-refractivity contribution in [1.29, 1.82) is 0 Å². The number of benzene rings is 1. The van der Waals surface area contributed by atoms with Crippen LogP contribution in [0.2, 0.25) is 5.02 Å². The number of carbonyl (C=O) groups is 3. The zero-order chi connectivity index (χ0) is 20.3. The van der Waals surface area contributed by atoms with Gasteiger partial charge in [-0.1, -0.05) is 18.0 Å². The van der Waals surface area contributed by atoms with Gasteiger partial charge in [-0.2, -0.15) is 0 Å². The van der Waals surface area contributed by atoms with Crippen molar-refractivity contribution in [3.05, 3.63) is 45.3 Å². The number of amides is 2. The Labute approximate surface area is 172 Å². The minimum atomic E-state index is -1.53. The van der Waals surface area contributed by atoms with Gasteiger partial charge in [0.1, 0.15) is 5.00 Å². The molecular formula is C20H21ClN2O4S. The maximum atomic E-state index is 13.2. The Morgan fingerprint density at radius 3 is 2.46 bits per heavy atom. The number of carboxylic acid groups (broad SMARTS) is 1. The van der Waals surface area contributed by atoms with Gasteiger partial charge in [-0.05, 0) is 62.4 Å². The van der Waals surface area contributed by atoms with Gasteiger partial charge in [0.2, 0.25) is 0 Å². The molecule has 0 saturated heterocycles. The number of aryl methyl sites for hydroxylation is 1. The van der Waals surface area contributed by atoms with Crippen LogP contribution in [0.15, 0.2) is 24.3 Å². The summed E-state index contributed by atoms with van der Waals surface area (Å²) in [5, 5.41) is 13.0. The molecular weight excluding hydrogens is 400 g/mol. The topological polar surface area (TPSA) is 86.7 Å². The summed E-state index contributed by atoms with van der Waals surface area (Å²) < 4.78 is 0. The van der Waals surface area contributed by atoms with Crippen LogP contribution >= 0.6 is 22.9 Å². The first kappa shape index (κ1) is 20.4. The average Bonchev–Trinajstić information content (AvgIpc) is 2.86. The third-order valence-electron chi connectivity index (χ3n) is 4.72. The molecule has 8 heteroatoms. The Bertz CT molecular complexity index is 908. The number of likely N-dealkylation sites (N-methyl/N-ethyl adjacent to an activating group) is 1. The Morgan fingerprint density at radius 1 is 1.14 bits per heavy atom. The third kappa shape index (κ3) is 4.20. The molecule has 0 saturated carbocycles. The van der Waals surface area contributed by atoms with Gasteiger partial charge in [0.05, 0.1) is 5.56 Å². The molecule has 1 aromatic carbocycles. The van der Waals surface area contributed by atoms with Crippen molar-refractivity contribution in [1.82, 2.24) is 0 Å². The van der Waals surface area contributed by atoms with Gasteiger partial charge in [0, 0.05) is 22.1 Å². The summed E-state index contributed by atoms with van der Waals surface area (Å²) in [7, 11) is 0. The Hall–Kier alpha value is -2.38. The molecule has 0 bridgehead atoms. The van der Waals surface area contributed by atoms with E-state index in [1.165, 1.54) is 16.2 Å². The molecule has 2 aromatic rings. The van der Waals surface area contributed by atoms with Crippen LogP contribution in [0.5, 0.6) is 0 Å². The highest BCUT2D eigenvalue weighted by atomic mass is 35.5. The van der Waals surface area contributed by atoms with Crippen molar-refractivity contribution in [2.75, 3.05) is 16.8 Å². The van der Waals surface area contributed by atoms with Gasteiger partial charge in [-0.15, -0.1) is 11.3 Å². The SMILES string of the molecule is CCN(C(=O)C(=O)O)c1sc2c(c1C(=O)Nc1ccc(Cl)cc1)CCCCC2. The van der Waals surface area contributed by atoms with Gasteiger partial charge in [-0.25, -0.2) is 4.79 Å². The van der Waals surface area contributed by atoms with Crippen LogP contribution in [-0.4, -0.2) is 29.4 Å². The minimum absolute atomic E-state index is 0.172. The van der Waals surface area contributed by atoms with Gasteiger partial charge >= 0.3 is 11.9 Å². The standard InChI is InChI=1S/C20H21ClN2O4S/c1-2-23(18(25)20(26)27)19-16(14-6-4-3-5-7-15(14)28-19)17(24)22-13-10-8-12(21)9-11-13/h8-11H,2-7H2,1H3,(H,22,24)(H,26,27). The van der Waals surface area contributed by atoms with Crippen LogP contribution in [-0.2, 0) is 22.4 Å². The smallest absolute Gasteiger partial charge is 0.394 e. The van der Waals surface area contributed by atoms with Crippen molar-refractivity contribution < 1.29 is 19.5 Å². The van der Waals surface area contributed by atoms with Gasteiger partial charge in [-0.3, -0.25) is 14.5 Å². The number of carboxylic acids is 1. The van der Waals surface area contributed by atoms with Crippen LogP contribution in [0.1, 0.15) is 47.0 Å². The molecule has 1 aliphatic rings. The van der Waals surface area contributed by atoms with Crippen LogP contribution in [0.4, 0.5) is 10.7 Å². The first-order valence-electron chi connectivity index (χ1n) is 9.18. The summed E-state index contributed by atoms with van der Waals surface area (Å²) >= 11 is 7.25. The molecule has 0 unspecified atom stereocenters. The van der Waals surface area contributed by atoms with E-state index >= 15 is 0 Å². The van der Waals surface area contributed by atoms with E-state index in [9.17, 15) is 19.5 Å². The number of halogens is 1. The Kier molecular flexibility index (Phi) is 6.36. The number of nitrogens with zero attached hydrogens (tertiary/aromatic N) is 1. The quantitative estimate of drug-likeness (QED) is 0.568. The van der Waals surface area contributed by atoms with E-state index in [0.29, 0.717) is 21.3 Å². The number of hydrogen-bond donors (Lipinski definition) is 2. The molecule has 0 fully saturated rings. The fourth-order valence-corrected chi connectivity index (χ4v) is 4.95. The molecule has 2 amide bonds. The molecule has 1 aliphatic carbocycles. The fourth-order valence-electron chi connectivity index (χ4n) is 3.37. The van der Waals surface area contributed by atoms with E-state index in [1.54, 1.807) is 31.2 Å². The highest BCUT2D eigenvalue weighted by Crippen LogP contribution is 2.40. The highest BCUT2D eigenvalue weighted by molar-refractivity contribution is 7.17. The maximum absolute atomic E-state index is 13.2. The van der Waals surface area contributed by atoms with Crippen molar-refractivity contribution in [3.8, 4) is 0 Å². The lowest BCUT2D eigenvalue weighted by Crippen LogP contribution is -2.37. The lowest BCUT2D eigenvalue weighted by atomic mass is 10.0. The number of rotatable bonds is 4. The van der Waals surface area contributed by atoms with Crippen LogP contribution in [0.25, 0.3) is 0 Å². The van der Waals surface area contributed by atoms with Crippen molar-refractivity contribution in [3.63, 3.8) is 0 Å². The summed E-state index contributed by atoms with van der Waals surface area (Å²) in [6, 6.07) is 6.76. The van der Waals surface area contributed by atoms with Gasteiger partial charge < -0.3 is 10.4 Å². The van der Waals surface area contributed by atoms with Crippen molar-refractivity contribution in [2.45, 2.75) is 39.0 Å². The molecule has 1 heterocycles. The minimum Gasteiger partial charge on any atom is -0.474 e. The van der Waals surface area contributed by atoms with Crippen LogP contribution in [0, 0.1) is 0 Å². The zero-order valence-corrected chi connectivity index (χ0v) is 17.0. The first-order valence-corrected chi connectivity index (χ1v) is 10.4. The number of aliphatic carboxylic acids is 1. The highest BCUT2D eigenvalue weighted by Gasteiger charge is 2.31. The monoisotopic (exact) mass is 420 g/mol. The molecule has 2 N–H and O–H groups in total. The molecule has 1 aromatic heterocycles. The lowest BCUT2D eigenvalue weighted by Gasteiger charge is -2.19. The Balaban J connectivity index is 2.04. The van der Waals surface area contributed by atoms with Crippen molar-refractivity contribution in [2.24, 2.45) is 0 Å². The third-order valence-corrected chi connectivity index (χ3v) is 6.29. The maximum Gasteiger partial charge on any atom is 0.394 e.